The van der Waals surface area contributed by atoms with Crippen molar-refractivity contribution < 1.29 is 14.3 Å². The first-order chi connectivity index (χ1) is 11.7. The van der Waals surface area contributed by atoms with E-state index in [4.69, 9.17) is 4.74 Å². The Morgan fingerprint density at radius 2 is 1.79 bits per heavy atom. The van der Waals surface area contributed by atoms with E-state index >= 15 is 0 Å². The van der Waals surface area contributed by atoms with Gasteiger partial charge in [0.15, 0.2) is 0 Å². The summed E-state index contributed by atoms with van der Waals surface area (Å²) in [4.78, 5) is 13.3. The minimum Gasteiger partial charge on any atom is -0.494 e. The fourth-order valence-corrected chi connectivity index (χ4v) is 2.21. The second-order valence-electron chi connectivity index (χ2n) is 5.38. The van der Waals surface area contributed by atoms with Crippen molar-refractivity contribution in [3.05, 3.63) is 66.2 Å². The lowest BCUT2D eigenvalue weighted by molar-refractivity contribution is -0.134. The van der Waals surface area contributed by atoms with Gasteiger partial charge >= 0.3 is 5.97 Å². The van der Waals surface area contributed by atoms with E-state index in [1.165, 1.54) is 18.9 Å². The van der Waals surface area contributed by atoms with E-state index in [0.29, 0.717) is 6.61 Å². The molecule has 0 radical (unpaired) electrons. The third kappa shape index (κ3) is 5.80. The van der Waals surface area contributed by atoms with Gasteiger partial charge in [-0.2, -0.15) is 0 Å². The summed E-state index contributed by atoms with van der Waals surface area (Å²) in [5.41, 5.74) is 2.14. The zero-order valence-electron chi connectivity index (χ0n) is 14.1. The smallest absolute Gasteiger partial charge is 0.330 e. The number of rotatable bonds is 8. The molecule has 2 rings (SSSR count). The Morgan fingerprint density at radius 1 is 1.08 bits per heavy atom. The van der Waals surface area contributed by atoms with Crippen LogP contribution < -0.4 is 9.64 Å². The summed E-state index contributed by atoms with van der Waals surface area (Å²) in [6, 6.07) is 17.9. The molecule has 0 aromatic heterocycles. The van der Waals surface area contributed by atoms with E-state index in [2.05, 4.69) is 28.8 Å². The summed E-state index contributed by atoms with van der Waals surface area (Å²) in [5, 5.41) is 0. The van der Waals surface area contributed by atoms with Crippen LogP contribution in [0, 0.1) is 0 Å². The highest BCUT2D eigenvalue weighted by atomic mass is 16.5. The molecule has 2 aromatic carbocycles. The Balaban J connectivity index is 1.73. The monoisotopic (exact) mass is 325 g/mol. The summed E-state index contributed by atoms with van der Waals surface area (Å²) in [6.07, 6.45) is 4.05. The maximum Gasteiger partial charge on any atom is 0.330 e. The maximum absolute atomic E-state index is 11.0. The number of hydrogen-bond acceptors (Lipinski definition) is 4. The second kappa shape index (κ2) is 9.40. The first-order valence-corrected chi connectivity index (χ1v) is 7.94. The first kappa shape index (κ1) is 17.6. The summed E-state index contributed by atoms with van der Waals surface area (Å²) in [6.45, 7) is 1.60. The molecule has 0 unspecified atom stereocenters. The predicted octanol–water partition coefficient (Wildman–Crippen LogP) is 3.78. The molecular weight excluding hydrogens is 302 g/mol. The van der Waals surface area contributed by atoms with Crippen LogP contribution >= 0.6 is 0 Å². The van der Waals surface area contributed by atoms with Crippen molar-refractivity contribution in [2.45, 2.75) is 6.42 Å². The lowest BCUT2D eigenvalue weighted by Crippen LogP contribution is -2.20. The molecule has 0 aliphatic heterocycles. The SMILES string of the molecule is COC(=O)/C=C/c1ccc(OCCCN(C)c2ccccc2)cc1. The number of para-hydroxylation sites is 1. The molecule has 2 aromatic rings. The molecule has 0 saturated carbocycles. The van der Waals surface area contributed by atoms with Crippen LogP contribution in [0.15, 0.2) is 60.7 Å². The van der Waals surface area contributed by atoms with Crippen LogP contribution in [0.5, 0.6) is 5.75 Å². The van der Waals surface area contributed by atoms with Gasteiger partial charge in [-0.3, -0.25) is 0 Å². The Kier molecular flexibility index (Phi) is 6.90. The second-order valence-corrected chi connectivity index (χ2v) is 5.38. The molecule has 0 N–H and O–H groups in total. The predicted molar refractivity (Wildman–Crippen MR) is 97.3 cm³/mol. The normalized spacial score (nSPS) is 10.6. The molecular formula is C20H23NO3. The van der Waals surface area contributed by atoms with E-state index in [1.54, 1.807) is 6.08 Å². The molecule has 0 heterocycles. The van der Waals surface area contributed by atoms with Gasteiger partial charge in [-0.25, -0.2) is 4.79 Å². The van der Waals surface area contributed by atoms with Gasteiger partial charge in [0.1, 0.15) is 5.75 Å². The number of hydrogen-bond donors (Lipinski definition) is 0. The molecule has 0 saturated heterocycles. The van der Waals surface area contributed by atoms with Gasteiger partial charge in [0.2, 0.25) is 0 Å². The van der Waals surface area contributed by atoms with Crippen LogP contribution in [-0.4, -0.2) is 33.3 Å². The minimum atomic E-state index is -0.363. The first-order valence-electron chi connectivity index (χ1n) is 7.94. The number of carbonyl (C=O) groups excluding carboxylic acids is 1. The highest BCUT2D eigenvalue weighted by Gasteiger charge is 2.00. The molecule has 0 atom stereocenters. The average Bonchev–Trinajstić information content (AvgIpc) is 2.64. The zero-order chi connectivity index (χ0) is 17.2. The van der Waals surface area contributed by atoms with Crippen LogP contribution in [0.25, 0.3) is 6.08 Å². The van der Waals surface area contributed by atoms with Crippen molar-refractivity contribution in [3.63, 3.8) is 0 Å². The zero-order valence-corrected chi connectivity index (χ0v) is 14.1. The standard InChI is InChI=1S/C20H23NO3/c1-21(18-7-4-3-5-8-18)15-6-16-24-19-12-9-17(10-13-19)11-14-20(22)23-2/h3-5,7-14H,6,15-16H2,1-2H3/b14-11+. The van der Waals surface area contributed by atoms with Crippen molar-refractivity contribution in [1.82, 2.24) is 0 Å². The summed E-state index contributed by atoms with van der Waals surface area (Å²) < 4.78 is 10.3. The Labute approximate surface area is 143 Å². The highest BCUT2D eigenvalue weighted by molar-refractivity contribution is 5.86. The number of benzene rings is 2. The van der Waals surface area contributed by atoms with Crippen molar-refractivity contribution in [1.29, 1.82) is 0 Å². The molecule has 4 nitrogen and oxygen atoms in total. The van der Waals surface area contributed by atoms with Gasteiger partial charge in [-0.15, -0.1) is 0 Å². The summed E-state index contributed by atoms with van der Waals surface area (Å²) in [7, 11) is 3.44. The largest absolute Gasteiger partial charge is 0.494 e. The van der Waals surface area contributed by atoms with Crippen LogP contribution in [0.2, 0.25) is 0 Å². The van der Waals surface area contributed by atoms with E-state index in [1.807, 2.05) is 42.5 Å². The van der Waals surface area contributed by atoms with Crippen molar-refractivity contribution in [2.75, 3.05) is 32.2 Å². The van der Waals surface area contributed by atoms with Crippen molar-refractivity contribution in [2.24, 2.45) is 0 Å². The molecule has 0 fully saturated rings. The van der Waals surface area contributed by atoms with E-state index < -0.39 is 0 Å². The number of carbonyl (C=O) groups is 1. The van der Waals surface area contributed by atoms with Crippen LogP contribution in [-0.2, 0) is 9.53 Å². The quantitative estimate of drug-likeness (QED) is 0.421. The van der Waals surface area contributed by atoms with Crippen LogP contribution in [0.4, 0.5) is 5.69 Å². The van der Waals surface area contributed by atoms with Gasteiger partial charge < -0.3 is 14.4 Å². The average molecular weight is 325 g/mol. The molecule has 0 aliphatic carbocycles. The number of nitrogens with zero attached hydrogens (tertiary/aromatic N) is 1. The molecule has 0 aliphatic rings. The number of methoxy groups -OCH3 is 1. The van der Waals surface area contributed by atoms with E-state index in [0.717, 1.165) is 24.3 Å². The lowest BCUT2D eigenvalue weighted by atomic mass is 10.2. The Morgan fingerprint density at radius 3 is 2.46 bits per heavy atom. The van der Waals surface area contributed by atoms with E-state index in [9.17, 15) is 4.79 Å². The molecule has 24 heavy (non-hydrogen) atoms. The Hall–Kier alpha value is -2.75. The van der Waals surface area contributed by atoms with Gasteiger partial charge in [0.05, 0.1) is 13.7 Å². The van der Waals surface area contributed by atoms with Crippen LogP contribution in [0.1, 0.15) is 12.0 Å². The van der Waals surface area contributed by atoms with E-state index in [-0.39, 0.29) is 5.97 Å². The maximum atomic E-state index is 11.0. The molecule has 126 valence electrons. The number of esters is 1. The van der Waals surface area contributed by atoms with Crippen molar-refractivity contribution >= 4 is 17.7 Å². The number of ether oxygens (including phenoxy) is 2. The van der Waals surface area contributed by atoms with Gasteiger partial charge in [0, 0.05) is 25.4 Å². The third-order valence-corrected chi connectivity index (χ3v) is 3.60. The van der Waals surface area contributed by atoms with Gasteiger partial charge in [-0.05, 0) is 42.3 Å². The van der Waals surface area contributed by atoms with Gasteiger partial charge in [0.25, 0.3) is 0 Å². The van der Waals surface area contributed by atoms with Crippen LogP contribution in [0.3, 0.4) is 0 Å². The fourth-order valence-electron chi connectivity index (χ4n) is 2.21. The van der Waals surface area contributed by atoms with Crippen molar-refractivity contribution in [3.8, 4) is 5.75 Å². The molecule has 4 heteroatoms. The lowest BCUT2D eigenvalue weighted by Gasteiger charge is -2.19. The fraction of sp³-hybridized carbons (Fsp3) is 0.250. The topological polar surface area (TPSA) is 38.8 Å². The molecule has 0 amide bonds. The third-order valence-electron chi connectivity index (χ3n) is 3.60. The Bertz CT molecular complexity index is 650. The molecule has 0 bridgehead atoms. The summed E-state index contributed by atoms with van der Waals surface area (Å²) in [5.74, 6) is 0.463. The minimum absolute atomic E-state index is 0.363. The summed E-state index contributed by atoms with van der Waals surface area (Å²) >= 11 is 0. The number of anilines is 1. The molecule has 0 spiro atoms. The van der Waals surface area contributed by atoms with Gasteiger partial charge in [-0.1, -0.05) is 30.3 Å². The highest BCUT2D eigenvalue weighted by Crippen LogP contribution is 2.14.